The van der Waals surface area contributed by atoms with Gasteiger partial charge in [0.1, 0.15) is 0 Å². The SMILES string of the molecule is O=C(O)c1cccc(NS(=O)(=O)O)c1. The maximum Gasteiger partial charge on any atom is 0.357 e. The molecule has 0 saturated heterocycles. The molecule has 0 atom stereocenters. The van der Waals surface area contributed by atoms with E-state index in [1.54, 1.807) is 4.72 Å². The molecule has 0 aliphatic carbocycles. The van der Waals surface area contributed by atoms with Crippen LogP contribution in [0.1, 0.15) is 10.4 Å². The summed E-state index contributed by atoms with van der Waals surface area (Å²) in [5.41, 5.74) is -0.0777. The van der Waals surface area contributed by atoms with E-state index in [0.717, 1.165) is 6.07 Å². The van der Waals surface area contributed by atoms with Crippen LogP contribution in [0.15, 0.2) is 24.3 Å². The number of carbonyl (C=O) groups is 1. The van der Waals surface area contributed by atoms with Crippen LogP contribution in [0.5, 0.6) is 0 Å². The number of aromatic carboxylic acids is 1. The fourth-order valence-corrected chi connectivity index (χ4v) is 1.29. The van der Waals surface area contributed by atoms with Crippen LogP contribution >= 0.6 is 0 Å². The zero-order valence-electron chi connectivity index (χ0n) is 6.84. The Labute approximate surface area is 80.1 Å². The Balaban J connectivity index is 3.01. The van der Waals surface area contributed by atoms with Gasteiger partial charge in [-0.05, 0) is 18.2 Å². The molecule has 3 N–H and O–H groups in total. The summed E-state index contributed by atoms with van der Waals surface area (Å²) >= 11 is 0. The Bertz CT molecular complexity index is 453. The van der Waals surface area contributed by atoms with Crippen molar-refractivity contribution in [3.05, 3.63) is 29.8 Å². The number of benzene rings is 1. The minimum atomic E-state index is -4.36. The highest BCUT2D eigenvalue weighted by atomic mass is 32.2. The van der Waals surface area contributed by atoms with E-state index in [1.165, 1.54) is 18.2 Å². The second-order valence-corrected chi connectivity index (χ2v) is 3.62. The van der Waals surface area contributed by atoms with E-state index in [9.17, 15) is 13.2 Å². The zero-order chi connectivity index (χ0) is 10.8. The topological polar surface area (TPSA) is 104 Å². The van der Waals surface area contributed by atoms with Gasteiger partial charge in [-0.15, -0.1) is 0 Å². The Kier molecular flexibility index (Phi) is 2.73. The van der Waals surface area contributed by atoms with Crippen LogP contribution in [0.2, 0.25) is 0 Å². The number of carboxylic acids is 1. The fraction of sp³-hybridized carbons (Fsp3) is 0. The van der Waals surface area contributed by atoms with Crippen molar-refractivity contribution >= 4 is 22.0 Å². The van der Waals surface area contributed by atoms with Crippen molar-refractivity contribution in [2.75, 3.05) is 4.72 Å². The Morgan fingerprint density at radius 1 is 1.36 bits per heavy atom. The molecular formula is C7H7NO5S. The van der Waals surface area contributed by atoms with E-state index >= 15 is 0 Å². The summed E-state index contributed by atoms with van der Waals surface area (Å²) in [5.74, 6) is -1.18. The maximum absolute atomic E-state index is 10.5. The van der Waals surface area contributed by atoms with Gasteiger partial charge in [0.2, 0.25) is 0 Å². The van der Waals surface area contributed by atoms with Crippen LogP contribution in [0.25, 0.3) is 0 Å². The van der Waals surface area contributed by atoms with Crippen LogP contribution in [0.4, 0.5) is 5.69 Å². The van der Waals surface area contributed by atoms with Gasteiger partial charge in [-0.1, -0.05) is 6.07 Å². The molecule has 0 fully saturated rings. The first-order valence-electron chi connectivity index (χ1n) is 3.47. The number of nitrogens with one attached hydrogen (secondary N) is 1. The molecule has 1 aromatic carbocycles. The molecule has 0 aliphatic heterocycles. The maximum atomic E-state index is 10.5. The van der Waals surface area contributed by atoms with Crippen LogP contribution in [-0.4, -0.2) is 24.0 Å². The summed E-state index contributed by atoms with van der Waals surface area (Å²) < 4.78 is 30.9. The Morgan fingerprint density at radius 2 is 2.00 bits per heavy atom. The summed E-state index contributed by atoms with van der Waals surface area (Å²) in [6, 6.07) is 5.07. The molecule has 0 heterocycles. The molecule has 0 unspecified atom stereocenters. The van der Waals surface area contributed by atoms with Gasteiger partial charge in [0.25, 0.3) is 0 Å². The van der Waals surface area contributed by atoms with E-state index in [1.807, 2.05) is 0 Å². The van der Waals surface area contributed by atoms with Crippen LogP contribution in [0, 0.1) is 0 Å². The van der Waals surface area contributed by atoms with Gasteiger partial charge < -0.3 is 5.11 Å². The minimum absolute atomic E-state index is 0.00704. The van der Waals surface area contributed by atoms with Crippen molar-refractivity contribution in [1.82, 2.24) is 0 Å². The highest BCUT2D eigenvalue weighted by molar-refractivity contribution is 7.87. The van der Waals surface area contributed by atoms with Gasteiger partial charge in [-0.25, -0.2) is 4.79 Å². The number of hydrogen-bond donors (Lipinski definition) is 3. The summed E-state index contributed by atoms with van der Waals surface area (Å²) in [5, 5.41) is 8.57. The third-order valence-corrected chi connectivity index (χ3v) is 1.85. The Hall–Kier alpha value is -1.60. The molecule has 0 aliphatic rings. The van der Waals surface area contributed by atoms with Crippen molar-refractivity contribution in [1.29, 1.82) is 0 Å². The molecule has 0 bridgehead atoms. The molecule has 0 aromatic heterocycles. The summed E-state index contributed by atoms with van der Waals surface area (Å²) in [6.07, 6.45) is 0. The average Bonchev–Trinajstić information content (AvgIpc) is 2.01. The zero-order valence-corrected chi connectivity index (χ0v) is 7.65. The second kappa shape index (κ2) is 3.64. The number of carboxylic acid groups (broad SMARTS) is 1. The lowest BCUT2D eigenvalue weighted by molar-refractivity contribution is 0.0697. The lowest BCUT2D eigenvalue weighted by Crippen LogP contribution is -2.10. The molecule has 0 radical (unpaired) electrons. The first kappa shape index (κ1) is 10.5. The van der Waals surface area contributed by atoms with Gasteiger partial charge >= 0.3 is 16.3 Å². The first-order valence-corrected chi connectivity index (χ1v) is 4.91. The van der Waals surface area contributed by atoms with Gasteiger partial charge in [-0.2, -0.15) is 8.42 Å². The van der Waals surface area contributed by atoms with Crippen LogP contribution in [-0.2, 0) is 10.3 Å². The largest absolute Gasteiger partial charge is 0.478 e. The molecular weight excluding hydrogens is 210 g/mol. The lowest BCUT2D eigenvalue weighted by atomic mass is 10.2. The highest BCUT2D eigenvalue weighted by Gasteiger charge is 2.07. The van der Waals surface area contributed by atoms with Crippen LogP contribution < -0.4 is 4.72 Å². The molecule has 7 heteroatoms. The molecule has 0 spiro atoms. The van der Waals surface area contributed by atoms with Gasteiger partial charge in [0, 0.05) is 0 Å². The summed E-state index contributed by atoms with van der Waals surface area (Å²) in [4.78, 5) is 10.5. The normalized spacial score (nSPS) is 10.9. The molecule has 1 aromatic rings. The summed E-state index contributed by atoms with van der Waals surface area (Å²) in [7, 11) is -4.36. The molecule has 6 nitrogen and oxygen atoms in total. The van der Waals surface area contributed by atoms with E-state index in [0.29, 0.717) is 0 Å². The highest BCUT2D eigenvalue weighted by Crippen LogP contribution is 2.11. The predicted octanol–water partition coefficient (Wildman–Crippen LogP) is 0.599. The quantitative estimate of drug-likeness (QED) is 0.643. The summed E-state index contributed by atoms with van der Waals surface area (Å²) in [6.45, 7) is 0. The predicted molar refractivity (Wildman–Crippen MR) is 48.6 cm³/mol. The van der Waals surface area contributed by atoms with Crippen molar-refractivity contribution in [2.24, 2.45) is 0 Å². The average molecular weight is 217 g/mol. The van der Waals surface area contributed by atoms with E-state index < -0.39 is 16.3 Å². The second-order valence-electron chi connectivity index (χ2n) is 2.46. The smallest absolute Gasteiger partial charge is 0.357 e. The standard InChI is InChI=1S/C7H7NO5S/c9-7(10)5-2-1-3-6(4-5)8-14(11,12)13/h1-4,8H,(H,9,10)(H,11,12,13). The van der Waals surface area contributed by atoms with E-state index in [-0.39, 0.29) is 11.3 Å². The minimum Gasteiger partial charge on any atom is -0.478 e. The van der Waals surface area contributed by atoms with Crippen LogP contribution in [0.3, 0.4) is 0 Å². The lowest BCUT2D eigenvalue weighted by Gasteiger charge is -2.02. The van der Waals surface area contributed by atoms with Crippen molar-refractivity contribution in [2.45, 2.75) is 0 Å². The third-order valence-electron chi connectivity index (χ3n) is 1.36. The van der Waals surface area contributed by atoms with Gasteiger partial charge in [-0.3, -0.25) is 9.27 Å². The van der Waals surface area contributed by atoms with E-state index in [2.05, 4.69) is 0 Å². The first-order chi connectivity index (χ1) is 6.38. The van der Waals surface area contributed by atoms with Crippen molar-refractivity contribution < 1.29 is 22.9 Å². The monoisotopic (exact) mass is 217 g/mol. The number of hydrogen-bond acceptors (Lipinski definition) is 3. The fourth-order valence-electron chi connectivity index (χ4n) is 0.865. The Morgan fingerprint density at radius 3 is 2.50 bits per heavy atom. The molecule has 76 valence electrons. The molecule has 0 saturated carbocycles. The van der Waals surface area contributed by atoms with E-state index in [4.69, 9.17) is 9.66 Å². The van der Waals surface area contributed by atoms with Crippen molar-refractivity contribution in [3.8, 4) is 0 Å². The van der Waals surface area contributed by atoms with Gasteiger partial charge in [0.15, 0.2) is 0 Å². The molecule has 0 amide bonds. The molecule has 1 rings (SSSR count). The van der Waals surface area contributed by atoms with Crippen molar-refractivity contribution in [3.63, 3.8) is 0 Å². The molecule has 14 heavy (non-hydrogen) atoms. The third kappa shape index (κ3) is 3.04. The van der Waals surface area contributed by atoms with Gasteiger partial charge in [0.05, 0.1) is 11.3 Å². The number of anilines is 1. The number of rotatable bonds is 3.